The molecule has 1 aliphatic heterocycles. The number of rotatable bonds is 1. The van der Waals surface area contributed by atoms with Crippen molar-refractivity contribution in [2.75, 3.05) is 0 Å². The number of carbonyl (C=O) groups is 1. The molecule has 0 aromatic heterocycles. The topological polar surface area (TPSA) is 29.1 Å². The highest BCUT2D eigenvalue weighted by Gasteiger charge is 2.51. The van der Waals surface area contributed by atoms with Gasteiger partial charge in [0.05, 0.1) is 0 Å². The molecule has 1 saturated carbocycles. The van der Waals surface area contributed by atoms with Gasteiger partial charge in [0.2, 0.25) is 5.91 Å². The van der Waals surface area contributed by atoms with E-state index in [1.165, 1.54) is 32.1 Å². The third-order valence-corrected chi connectivity index (χ3v) is 4.43. The second kappa shape index (κ2) is 3.80. The fourth-order valence-corrected chi connectivity index (χ4v) is 3.94. The number of carbonyl (C=O) groups excluding carboxylic acids is 1. The first-order chi connectivity index (χ1) is 7.07. The molecule has 86 valence electrons. The van der Waals surface area contributed by atoms with Crippen molar-refractivity contribution in [1.82, 2.24) is 5.32 Å². The molecule has 1 N–H and O–H groups in total. The van der Waals surface area contributed by atoms with Crippen LogP contribution in [0.1, 0.15) is 52.9 Å². The summed E-state index contributed by atoms with van der Waals surface area (Å²) in [5.41, 5.74) is 0.156. The van der Waals surface area contributed by atoms with Crippen molar-refractivity contribution in [2.45, 2.75) is 58.4 Å². The average Bonchev–Trinajstić information content (AvgIpc) is 2.40. The summed E-state index contributed by atoms with van der Waals surface area (Å²) in [5, 5.41) is 3.31. The molecule has 2 rings (SSSR count). The van der Waals surface area contributed by atoms with Gasteiger partial charge in [0.25, 0.3) is 0 Å². The van der Waals surface area contributed by atoms with Crippen LogP contribution in [0.4, 0.5) is 0 Å². The normalized spacial score (nSPS) is 34.8. The van der Waals surface area contributed by atoms with E-state index in [1.807, 2.05) is 0 Å². The molecule has 1 heterocycles. The minimum absolute atomic E-state index is 0.156. The summed E-state index contributed by atoms with van der Waals surface area (Å²) in [6.45, 7) is 6.62. The first-order valence-electron chi connectivity index (χ1n) is 6.39. The summed E-state index contributed by atoms with van der Waals surface area (Å²) < 4.78 is 0. The molecule has 0 bridgehead atoms. The van der Waals surface area contributed by atoms with Crippen molar-refractivity contribution in [3.63, 3.8) is 0 Å². The van der Waals surface area contributed by atoms with Gasteiger partial charge in [-0.25, -0.2) is 0 Å². The van der Waals surface area contributed by atoms with E-state index in [0.717, 1.165) is 0 Å². The van der Waals surface area contributed by atoms with Crippen LogP contribution in [0.3, 0.4) is 0 Å². The summed E-state index contributed by atoms with van der Waals surface area (Å²) in [4.78, 5) is 11.9. The second-order valence-corrected chi connectivity index (χ2v) is 5.76. The standard InChI is InChI=1S/C13H23NO/c1-9(2)11-10(3)12(15)14-13(11)7-5-4-6-8-13/h9-11H,4-8H2,1-3H3,(H,14,15). The lowest BCUT2D eigenvalue weighted by Crippen LogP contribution is -2.49. The molecule has 2 aliphatic rings. The Kier molecular flexibility index (Phi) is 2.78. The SMILES string of the molecule is CC(C)C1C(C)C(=O)NC12CCCCC2. The molecule has 1 saturated heterocycles. The van der Waals surface area contributed by atoms with E-state index >= 15 is 0 Å². The Labute approximate surface area is 92.8 Å². The Hall–Kier alpha value is -0.530. The van der Waals surface area contributed by atoms with Crippen molar-refractivity contribution >= 4 is 5.91 Å². The van der Waals surface area contributed by atoms with Crippen molar-refractivity contribution in [3.8, 4) is 0 Å². The van der Waals surface area contributed by atoms with Crippen LogP contribution in [-0.4, -0.2) is 11.4 Å². The van der Waals surface area contributed by atoms with Crippen molar-refractivity contribution < 1.29 is 4.79 Å². The van der Waals surface area contributed by atoms with Gasteiger partial charge in [-0.15, -0.1) is 0 Å². The fourth-order valence-electron chi connectivity index (χ4n) is 3.94. The van der Waals surface area contributed by atoms with Gasteiger partial charge in [0.1, 0.15) is 0 Å². The molecular weight excluding hydrogens is 186 g/mol. The summed E-state index contributed by atoms with van der Waals surface area (Å²) >= 11 is 0. The molecular formula is C13H23NO. The van der Waals surface area contributed by atoms with Gasteiger partial charge in [-0.2, -0.15) is 0 Å². The molecule has 1 spiro atoms. The van der Waals surface area contributed by atoms with Crippen LogP contribution in [0, 0.1) is 17.8 Å². The van der Waals surface area contributed by atoms with E-state index in [2.05, 4.69) is 26.1 Å². The predicted octanol–water partition coefficient (Wildman–Crippen LogP) is 2.73. The van der Waals surface area contributed by atoms with Gasteiger partial charge < -0.3 is 5.32 Å². The van der Waals surface area contributed by atoms with Crippen molar-refractivity contribution in [1.29, 1.82) is 0 Å². The second-order valence-electron chi connectivity index (χ2n) is 5.76. The average molecular weight is 209 g/mol. The Bertz CT molecular complexity index is 253. The Morgan fingerprint density at radius 1 is 1.27 bits per heavy atom. The van der Waals surface area contributed by atoms with E-state index in [-0.39, 0.29) is 17.4 Å². The minimum atomic E-state index is 0.156. The van der Waals surface area contributed by atoms with Crippen LogP contribution in [0.5, 0.6) is 0 Å². The molecule has 0 aromatic carbocycles. The van der Waals surface area contributed by atoms with E-state index in [9.17, 15) is 4.79 Å². The fraction of sp³-hybridized carbons (Fsp3) is 0.923. The lowest BCUT2D eigenvalue weighted by atomic mass is 9.67. The molecule has 15 heavy (non-hydrogen) atoms. The summed E-state index contributed by atoms with van der Waals surface area (Å²) in [6, 6.07) is 0. The Morgan fingerprint density at radius 2 is 1.87 bits per heavy atom. The van der Waals surface area contributed by atoms with Crippen molar-refractivity contribution in [2.24, 2.45) is 17.8 Å². The molecule has 2 nitrogen and oxygen atoms in total. The highest BCUT2D eigenvalue weighted by Crippen LogP contribution is 2.45. The molecule has 2 heteroatoms. The van der Waals surface area contributed by atoms with Gasteiger partial charge >= 0.3 is 0 Å². The molecule has 1 amide bonds. The van der Waals surface area contributed by atoms with Gasteiger partial charge in [0.15, 0.2) is 0 Å². The van der Waals surface area contributed by atoms with E-state index in [1.54, 1.807) is 0 Å². The predicted molar refractivity (Wildman–Crippen MR) is 61.5 cm³/mol. The van der Waals surface area contributed by atoms with Crippen LogP contribution in [0.25, 0.3) is 0 Å². The van der Waals surface area contributed by atoms with Crippen LogP contribution < -0.4 is 5.32 Å². The monoisotopic (exact) mass is 209 g/mol. The number of nitrogens with one attached hydrogen (secondary N) is 1. The van der Waals surface area contributed by atoms with Crippen molar-refractivity contribution in [3.05, 3.63) is 0 Å². The quantitative estimate of drug-likeness (QED) is 0.707. The number of amides is 1. The molecule has 2 atom stereocenters. The Morgan fingerprint density at radius 3 is 2.40 bits per heavy atom. The third kappa shape index (κ3) is 1.68. The Balaban J connectivity index is 2.25. The van der Waals surface area contributed by atoms with Gasteiger partial charge in [-0.05, 0) is 24.7 Å². The largest absolute Gasteiger partial charge is 0.350 e. The zero-order valence-corrected chi connectivity index (χ0v) is 10.2. The summed E-state index contributed by atoms with van der Waals surface area (Å²) in [6.07, 6.45) is 6.32. The summed E-state index contributed by atoms with van der Waals surface area (Å²) in [7, 11) is 0. The van der Waals surface area contributed by atoms with E-state index < -0.39 is 0 Å². The van der Waals surface area contributed by atoms with Gasteiger partial charge in [0, 0.05) is 11.5 Å². The van der Waals surface area contributed by atoms with Crippen LogP contribution in [0.2, 0.25) is 0 Å². The first-order valence-corrected chi connectivity index (χ1v) is 6.39. The first kappa shape index (κ1) is 11.0. The molecule has 2 unspecified atom stereocenters. The lowest BCUT2D eigenvalue weighted by Gasteiger charge is -2.41. The lowest BCUT2D eigenvalue weighted by molar-refractivity contribution is -0.122. The van der Waals surface area contributed by atoms with Gasteiger partial charge in [-0.1, -0.05) is 40.0 Å². The van der Waals surface area contributed by atoms with E-state index in [0.29, 0.717) is 11.8 Å². The highest BCUT2D eigenvalue weighted by atomic mass is 16.2. The van der Waals surface area contributed by atoms with E-state index in [4.69, 9.17) is 0 Å². The molecule has 0 aromatic rings. The number of hydrogen-bond donors (Lipinski definition) is 1. The third-order valence-electron chi connectivity index (χ3n) is 4.43. The van der Waals surface area contributed by atoms with Crippen LogP contribution in [-0.2, 0) is 4.79 Å². The molecule has 2 fully saturated rings. The zero-order valence-electron chi connectivity index (χ0n) is 10.2. The number of hydrogen-bond acceptors (Lipinski definition) is 1. The molecule has 1 aliphatic carbocycles. The maximum Gasteiger partial charge on any atom is 0.223 e. The highest BCUT2D eigenvalue weighted by molar-refractivity contribution is 5.82. The summed E-state index contributed by atoms with van der Waals surface area (Å²) in [5.74, 6) is 1.65. The zero-order chi connectivity index (χ0) is 11.1. The molecule has 0 radical (unpaired) electrons. The minimum Gasteiger partial charge on any atom is -0.350 e. The maximum absolute atomic E-state index is 11.9. The smallest absolute Gasteiger partial charge is 0.223 e. The maximum atomic E-state index is 11.9. The van der Waals surface area contributed by atoms with Crippen LogP contribution >= 0.6 is 0 Å². The van der Waals surface area contributed by atoms with Crippen LogP contribution in [0.15, 0.2) is 0 Å². The van der Waals surface area contributed by atoms with Gasteiger partial charge in [-0.3, -0.25) is 4.79 Å².